The van der Waals surface area contributed by atoms with Gasteiger partial charge in [-0.2, -0.15) is 0 Å². The number of ether oxygens (including phenoxy) is 1. The maximum Gasteiger partial charge on any atom is 0.305 e. The first-order valence-electron chi connectivity index (χ1n) is 8.23. The first-order chi connectivity index (χ1) is 9.85. The molecule has 2 unspecified atom stereocenters. The van der Waals surface area contributed by atoms with Gasteiger partial charge in [0.25, 0.3) is 0 Å². The van der Waals surface area contributed by atoms with E-state index in [0.717, 1.165) is 12.8 Å². The average molecular weight is 242 g/mol. The van der Waals surface area contributed by atoms with Crippen LogP contribution in [0.15, 0.2) is 24.3 Å². The molecule has 0 saturated heterocycles. The Hall–Kier alpha value is -1.05. The average Bonchev–Trinajstić information content (AvgIpc) is 2.48. The molecule has 0 fully saturated rings. The molecule has 0 spiro atoms. The van der Waals surface area contributed by atoms with E-state index < -0.39 is 19.2 Å². The Morgan fingerprint density at radius 2 is 2.06 bits per heavy atom. The van der Waals surface area contributed by atoms with Gasteiger partial charge >= 0.3 is 5.97 Å². The molecule has 0 radical (unpaired) electrons. The lowest BCUT2D eigenvalue weighted by Gasteiger charge is -1.95. The highest BCUT2D eigenvalue weighted by Gasteiger charge is 1.96. The van der Waals surface area contributed by atoms with Gasteiger partial charge in [0.15, 0.2) is 0 Å². The summed E-state index contributed by atoms with van der Waals surface area (Å²) in [5.41, 5.74) is 0. The fourth-order valence-corrected chi connectivity index (χ4v) is 1.16. The lowest BCUT2D eigenvalue weighted by Crippen LogP contribution is -1.98. The van der Waals surface area contributed by atoms with E-state index >= 15 is 0 Å². The molecule has 0 aliphatic heterocycles. The summed E-state index contributed by atoms with van der Waals surface area (Å²) in [4.78, 5) is 10.9. The highest BCUT2D eigenvalue weighted by molar-refractivity contribution is 5.68. The van der Waals surface area contributed by atoms with Gasteiger partial charge in [-0.3, -0.25) is 4.79 Å². The topological polar surface area (TPSA) is 26.3 Å². The van der Waals surface area contributed by atoms with E-state index in [1.807, 2.05) is 12.2 Å². The van der Waals surface area contributed by atoms with Crippen LogP contribution in [-0.4, -0.2) is 13.1 Å². The third-order valence-electron chi connectivity index (χ3n) is 2.08. The van der Waals surface area contributed by atoms with Crippen LogP contribution in [0, 0.1) is 0 Å². The fourth-order valence-electron chi connectivity index (χ4n) is 1.16. The van der Waals surface area contributed by atoms with E-state index in [1.54, 1.807) is 19.1 Å². The fraction of sp³-hybridized carbons (Fsp3) is 0.667. The van der Waals surface area contributed by atoms with Crippen LogP contribution in [0.2, 0.25) is 0 Å². The number of rotatable bonds is 10. The van der Waals surface area contributed by atoms with Crippen LogP contribution in [0.4, 0.5) is 0 Å². The van der Waals surface area contributed by atoms with Crippen LogP contribution in [-0.2, 0) is 9.53 Å². The van der Waals surface area contributed by atoms with E-state index in [9.17, 15) is 4.79 Å². The SMILES string of the molecule is [2H]C(/C=C\C/C=C\CCCC(=O)OC)C([2H])C([2H])([2H])CC. The van der Waals surface area contributed by atoms with Gasteiger partial charge in [0.05, 0.1) is 7.11 Å². The molecule has 2 nitrogen and oxygen atoms in total. The summed E-state index contributed by atoms with van der Waals surface area (Å²) in [5, 5.41) is 0. The molecule has 0 heterocycles. The zero-order valence-electron chi connectivity index (χ0n) is 14.8. The van der Waals surface area contributed by atoms with Gasteiger partial charge in [0.1, 0.15) is 0 Å². The Labute approximate surface area is 111 Å². The number of hydrogen-bond donors (Lipinski definition) is 0. The first-order valence-corrected chi connectivity index (χ1v) is 6.08. The van der Waals surface area contributed by atoms with Crippen molar-refractivity contribution in [3.05, 3.63) is 24.3 Å². The maximum absolute atomic E-state index is 10.9. The maximum atomic E-state index is 10.9. The molecule has 0 aromatic heterocycles. The number of allylic oxidation sites excluding steroid dienone is 4. The lowest BCUT2D eigenvalue weighted by molar-refractivity contribution is -0.140. The third kappa shape index (κ3) is 12.9. The van der Waals surface area contributed by atoms with E-state index in [4.69, 9.17) is 5.48 Å². The van der Waals surface area contributed by atoms with Gasteiger partial charge in [-0.15, -0.1) is 0 Å². The van der Waals surface area contributed by atoms with Crippen LogP contribution in [0.3, 0.4) is 0 Å². The zero-order chi connectivity index (χ0) is 16.3. The number of esters is 1. The second kappa shape index (κ2) is 13.0. The molecular weight excluding hydrogens is 212 g/mol. The van der Waals surface area contributed by atoms with Crippen molar-refractivity contribution < 1.29 is 15.0 Å². The lowest BCUT2D eigenvalue weighted by atomic mass is 10.2. The Morgan fingerprint density at radius 1 is 1.29 bits per heavy atom. The van der Waals surface area contributed by atoms with Crippen LogP contribution in [0.1, 0.15) is 63.7 Å². The van der Waals surface area contributed by atoms with E-state index in [2.05, 4.69) is 4.74 Å². The summed E-state index contributed by atoms with van der Waals surface area (Å²) in [6.45, 7) is 1.69. The Kier molecular flexibility index (Phi) is 7.60. The Balaban J connectivity index is 3.93. The standard InChI is InChI=1S/C15H26O2/c1-3-4-5-6-7-8-9-10-11-12-13-14-15(16)17-2/h7-8,10-11H,3-6,9,12-14H2,1-2H3/b8-7-,11-10-/i4D2,5D,6D. The second-order valence-electron chi connectivity index (χ2n) is 3.52. The van der Waals surface area contributed by atoms with Gasteiger partial charge in [-0.05, 0) is 32.1 Å². The van der Waals surface area contributed by atoms with Crippen molar-refractivity contribution in [3.8, 4) is 0 Å². The third-order valence-corrected chi connectivity index (χ3v) is 2.08. The highest BCUT2D eigenvalue weighted by Crippen LogP contribution is 2.02. The van der Waals surface area contributed by atoms with Crippen LogP contribution in [0.25, 0.3) is 0 Å². The molecule has 0 amide bonds. The van der Waals surface area contributed by atoms with Crippen LogP contribution < -0.4 is 0 Å². The van der Waals surface area contributed by atoms with E-state index in [1.165, 1.54) is 7.11 Å². The predicted octanol–water partition coefficient (Wildman–Crippen LogP) is 4.41. The molecule has 0 aromatic carbocycles. The Morgan fingerprint density at radius 3 is 2.76 bits per heavy atom. The molecule has 0 bridgehead atoms. The van der Waals surface area contributed by atoms with Gasteiger partial charge in [0.2, 0.25) is 0 Å². The summed E-state index contributed by atoms with van der Waals surface area (Å²) in [6, 6.07) is 0. The second-order valence-corrected chi connectivity index (χ2v) is 3.52. The first kappa shape index (κ1) is 9.93. The molecule has 17 heavy (non-hydrogen) atoms. The van der Waals surface area contributed by atoms with Crippen molar-refractivity contribution >= 4 is 5.97 Å². The summed E-state index contributed by atoms with van der Waals surface area (Å²) in [7, 11) is 1.38. The number of hydrogen-bond acceptors (Lipinski definition) is 2. The minimum Gasteiger partial charge on any atom is -0.469 e. The monoisotopic (exact) mass is 242 g/mol. The number of carbonyl (C=O) groups excluding carboxylic acids is 1. The molecule has 0 aromatic rings. The summed E-state index contributed by atoms with van der Waals surface area (Å²) in [5.74, 6) is -0.202. The predicted molar refractivity (Wildman–Crippen MR) is 72.9 cm³/mol. The van der Waals surface area contributed by atoms with Gasteiger partial charge in [-0.25, -0.2) is 0 Å². The highest BCUT2D eigenvalue weighted by atomic mass is 16.5. The molecule has 2 atom stereocenters. The number of unbranched alkanes of at least 4 members (excludes halogenated alkanes) is 1. The Bertz CT molecular complexity index is 354. The summed E-state index contributed by atoms with van der Waals surface area (Å²) >= 11 is 0. The molecule has 98 valence electrons. The minimum absolute atomic E-state index is 0.202. The zero-order valence-corrected chi connectivity index (χ0v) is 10.8. The van der Waals surface area contributed by atoms with E-state index in [0.29, 0.717) is 12.8 Å². The van der Waals surface area contributed by atoms with Gasteiger partial charge in [-0.1, -0.05) is 44.0 Å². The van der Waals surface area contributed by atoms with E-state index in [-0.39, 0.29) is 12.4 Å². The van der Waals surface area contributed by atoms with Gasteiger partial charge < -0.3 is 4.74 Å². The van der Waals surface area contributed by atoms with Crippen molar-refractivity contribution in [2.45, 2.75) is 58.2 Å². The number of carbonyl (C=O) groups is 1. The molecule has 0 aliphatic rings. The normalized spacial score (nSPS) is 19.4. The molecule has 2 heteroatoms. The molecule has 0 aliphatic carbocycles. The molecule has 0 saturated carbocycles. The van der Waals surface area contributed by atoms with Crippen molar-refractivity contribution in [1.82, 2.24) is 0 Å². The van der Waals surface area contributed by atoms with Crippen molar-refractivity contribution in [3.63, 3.8) is 0 Å². The minimum atomic E-state index is -1.62. The van der Waals surface area contributed by atoms with Crippen LogP contribution in [0.5, 0.6) is 0 Å². The molecule has 0 rings (SSSR count). The molecule has 0 N–H and O–H groups in total. The smallest absolute Gasteiger partial charge is 0.305 e. The quantitative estimate of drug-likeness (QED) is 0.322. The van der Waals surface area contributed by atoms with Crippen molar-refractivity contribution in [1.29, 1.82) is 0 Å². The molecular formula is C15H26O2. The largest absolute Gasteiger partial charge is 0.469 e. The summed E-state index contributed by atoms with van der Waals surface area (Å²) in [6.07, 6.45) is 6.57. The summed E-state index contributed by atoms with van der Waals surface area (Å²) < 4.78 is 35.3. The number of methoxy groups -OCH3 is 1. The van der Waals surface area contributed by atoms with Crippen molar-refractivity contribution in [2.75, 3.05) is 7.11 Å². The van der Waals surface area contributed by atoms with Crippen LogP contribution >= 0.6 is 0 Å². The van der Waals surface area contributed by atoms with Crippen molar-refractivity contribution in [2.24, 2.45) is 0 Å². The van der Waals surface area contributed by atoms with Gasteiger partial charge in [0, 0.05) is 11.9 Å².